The lowest BCUT2D eigenvalue weighted by Crippen LogP contribution is -2.30. The van der Waals surface area contributed by atoms with Crippen molar-refractivity contribution in [1.82, 2.24) is 9.78 Å². The minimum Gasteiger partial charge on any atom is -0.449 e. The summed E-state index contributed by atoms with van der Waals surface area (Å²) in [4.78, 5) is 37.7. The number of hydrogen-bond donors (Lipinski definition) is 1. The highest BCUT2D eigenvalue weighted by Crippen LogP contribution is 2.36. The zero-order valence-corrected chi connectivity index (χ0v) is 17.1. The Morgan fingerprint density at radius 1 is 1.03 bits per heavy atom. The number of amides is 1. The molecule has 0 radical (unpaired) electrons. The molecule has 1 unspecified atom stereocenters. The van der Waals surface area contributed by atoms with Crippen LogP contribution < -0.4 is 5.32 Å². The Morgan fingerprint density at radius 3 is 2.37 bits per heavy atom. The van der Waals surface area contributed by atoms with Crippen LogP contribution in [0.5, 0.6) is 0 Å². The maximum Gasteiger partial charge on any atom is 0.338 e. The summed E-state index contributed by atoms with van der Waals surface area (Å²) in [7, 11) is 1.79. The molecule has 1 amide bonds. The summed E-state index contributed by atoms with van der Waals surface area (Å²) in [6, 6.07) is 12.2. The third-order valence-corrected chi connectivity index (χ3v) is 5.37. The van der Waals surface area contributed by atoms with Gasteiger partial charge >= 0.3 is 5.97 Å². The SMILES string of the molecule is Cc1nn(C)c(C)c1NC(=O)C(C)OC(=O)c1ccc2c(c1)C(=O)c1ccccc1-2. The van der Waals surface area contributed by atoms with Crippen LogP contribution in [0.3, 0.4) is 0 Å². The van der Waals surface area contributed by atoms with Crippen molar-refractivity contribution >= 4 is 23.3 Å². The van der Waals surface area contributed by atoms with Crippen molar-refractivity contribution in [2.45, 2.75) is 26.9 Å². The van der Waals surface area contributed by atoms with E-state index in [1.54, 1.807) is 36.9 Å². The molecule has 0 fully saturated rings. The molecule has 30 heavy (non-hydrogen) atoms. The number of rotatable bonds is 4. The molecule has 0 saturated carbocycles. The predicted octanol–water partition coefficient (Wildman–Crippen LogP) is 3.43. The normalized spacial score (nSPS) is 12.9. The van der Waals surface area contributed by atoms with E-state index in [1.165, 1.54) is 13.0 Å². The highest BCUT2D eigenvalue weighted by molar-refractivity contribution is 6.22. The number of carbonyl (C=O) groups is 3. The highest BCUT2D eigenvalue weighted by Gasteiger charge is 2.28. The maximum atomic E-state index is 12.6. The first kappa shape index (κ1) is 19.6. The molecule has 152 valence electrons. The van der Waals surface area contributed by atoms with Gasteiger partial charge in [0.1, 0.15) is 0 Å². The number of fused-ring (bicyclic) bond motifs is 3. The van der Waals surface area contributed by atoms with E-state index >= 15 is 0 Å². The van der Waals surface area contributed by atoms with Gasteiger partial charge < -0.3 is 10.1 Å². The first-order valence-electron chi connectivity index (χ1n) is 9.58. The van der Waals surface area contributed by atoms with E-state index in [2.05, 4.69) is 10.4 Å². The molecule has 4 rings (SSSR count). The summed E-state index contributed by atoms with van der Waals surface area (Å²) >= 11 is 0. The largest absolute Gasteiger partial charge is 0.449 e. The molecule has 1 N–H and O–H groups in total. The topological polar surface area (TPSA) is 90.3 Å². The van der Waals surface area contributed by atoms with Crippen LogP contribution in [0.25, 0.3) is 11.1 Å². The third kappa shape index (κ3) is 3.18. The molecule has 1 aromatic heterocycles. The summed E-state index contributed by atoms with van der Waals surface area (Å²) < 4.78 is 7.01. The average molecular weight is 403 g/mol. The van der Waals surface area contributed by atoms with Crippen LogP contribution in [0.2, 0.25) is 0 Å². The lowest BCUT2D eigenvalue weighted by molar-refractivity contribution is -0.123. The van der Waals surface area contributed by atoms with Gasteiger partial charge in [0.25, 0.3) is 5.91 Å². The fraction of sp³-hybridized carbons (Fsp3) is 0.217. The molecule has 7 nitrogen and oxygen atoms in total. The van der Waals surface area contributed by atoms with Crippen LogP contribution in [0.4, 0.5) is 5.69 Å². The van der Waals surface area contributed by atoms with E-state index < -0.39 is 18.0 Å². The zero-order valence-electron chi connectivity index (χ0n) is 17.1. The van der Waals surface area contributed by atoms with E-state index in [1.807, 2.05) is 25.1 Å². The quantitative estimate of drug-likeness (QED) is 0.527. The number of aromatic nitrogens is 2. The fourth-order valence-corrected chi connectivity index (χ4v) is 3.62. The van der Waals surface area contributed by atoms with Gasteiger partial charge in [0.2, 0.25) is 0 Å². The Bertz CT molecular complexity index is 1210. The summed E-state index contributed by atoms with van der Waals surface area (Å²) in [5.41, 5.74) is 5.04. The second-order valence-corrected chi connectivity index (χ2v) is 7.34. The van der Waals surface area contributed by atoms with Gasteiger partial charge in [-0.2, -0.15) is 5.10 Å². The van der Waals surface area contributed by atoms with Gasteiger partial charge in [-0.3, -0.25) is 14.3 Å². The second kappa shape index (κ2) is 7.26. The van der Waals surface area contributed by atoms with Gasteiger partial charge in [0.15, 0.2) is 11.9 Å². The van der Waals surface area contributed by atoms with Crippen molar-refractivity contribution in [2.75, 3.05) is 5.32 Å². The van der Waals surface area contributed by atoms with Crippen molar-refractivity contribution in [3.63, 3.8) is 0 Å². The molecule has 3 aromatic rings. The molecule has 1 heterocycles. The molecule has 7 heteroatoms. The van der Waals surface area contributed by atoms with Gasteiger partial charge in [0.05, 0.1) is 22.6 Å². The Balaban J connectivity index is 1.49. The van der Waals surface area contributed by atoms with Crippen molar-refractivity contribution < 1.29 is 19.1 Å². The number of nitrogens with one attached hydrogen (secondary N) is 1. The standard InChI is InChI=1S/C23H21N3O4/c1-12-20(13(2)26(4)25-12)24-22(28)14(3)30-23(29)15-9-10-17-16-7-5-6-8-18(16)21(27)19(17)11-15/h5-11,14H,1-4H3,(H,24,28). The average Bonchev–Trinajstić information content (AvgIpc) is 3.15. The predicted molar refractivity (Wildman–Crippen MR) is 111 cm³/mol. The molecule has 0 spiro atoms. The molecular weight excluding hydrogens is 382 g/mol. The van der Waals surface area contributed by atoms with Gasteiger partial charge in [-0.05, 0) is 44.0 Å². The number of aryl methyl sites for hydroxylation is 2. The van der Waals surface area contributed by atoms with Crippen LogP contribution in [0, 0.1) is 13.8 Å². The van der Waals surface area contributed by atoms with E-state index in [4.69, 9.17) is 4.74 Å². The van der Waals surface area contributed by atoms with Crippen molar-refractivity contribution in [2.24, 2.45) is 7.05 Å². The molecule has 1 atom stereocenters. The summed E-state index contributed by atoms with van der Waals surface area (Å²) in [5.74, 6) is -1.24. The van der Waals surface area contributed by atoms with Crippen molar-refractivity contribution in [3.05, 3.63) is 70.5 Å². The first-order chi connectivity index (χ1) is 14.3. The van der Waals surface area contributed by atoms with E-state index in [9.17, 15) is 14.4 Å². The second-order valence-electron chi connectivity index (χ2n) is 7.34. The number of benzene rings is 2. The minimum absolute atomic E-state index is 0.122. The Labute approximate surface area is 173 Å². The molecular formula is C23H21N3O4. The Morgan fingerprint density at radius 2 is 1.70 bits per heavy atom. The number of ether oxygens (including phenoxy) is 1. The molecule has 0 aliphatic heterocycles. The van der Waals surface area contributed by atoms with Gasteiger partial charge in [-0.25, -0.2) is 4.79 Å². The number of carbonyl (C=O) groups excluding carboxylic acids is 3. The number of nitrogens with zero attached hydrogens (tertiary/aromatic N) is 2. The fourth-order valence-electron chi connectivity index (χ4n) is 3.62. The van der Waals surface area contributed by atoms with Crippen LogP contribution in [0.15, 0.2) is 42.5 Å². The molecule has 0 bridgehead atoms. The van der Waals surface area contributed by atoms with Crippen LogP contribution >= 0.6 is 0 Å². The Hall–Kier alpha value is -3.74. The number of anilines is 1. The van der Waals surface area contributed by atoms with Gasteiger partial charge in [-0.15, -0.1) is 0 Å². The van der Waals surface area contributed by atoms with Gasteiger partial charge in [0, 0.05) is 18.2 Å². The molecule has 1 aliphatic rings. The lowest BCUT2D eigenvalue weighted by Gasteiger charge is -2.14. The lowest BCUT2D eigenvalue weighted by atomic mass is 10.0. The summed E-state index contributed by atoms with van der Waals surface area (Å²) in [6.45, 7) is 5.13. The van der Waals surface area contributed by atoms with Crippen molar-refractivity contribution in [3.8, 4) is 11.1 Å². The van der Waals surface area contributed by atoms with Crippen molar-refractivity contribution in [1.29, 1.82) is 0 Å². The highest BCUT2D eigenvalue weighted by atomic mass is 16.5. The molecule has 2 aromatic carbocycles. The van der Waals surface area contributed by atoms with Crippen LogP contribution in [-0.4, -0.2) is 33.5 Å². The molecule has 1 aliphatic carbocycles. The summed E-state index contributed by atoms with van der Waals surface area (Å²) in [5, 5.41) is 7.01. The van der Waals surface area contributed by atoms with E-state index in [0.29, 0.717) is 22.5 Å². The van der Waals surface area contributed by atoms with Gasteiger partial charge in [-0.1, -0.05) is 30.3 Å². The summed E-state index contributed by atoms with van der Waals surface area (Å²) in [6.07, 6.45) is -1.02. The monoisotopic (exact) mass is 403 g/mol. The first-order valence-corrected chi connectivity index (χ1v) is 9.58. The number of esters is 1. The smallest absolute Gasteiger partial charge is 0.338 e. The zero-order chi connectivity index (χ0) is 21.6. The van der Waals surface area contributed by atoms with Crippen LogP contribution in [0.1, 0.15) is 44.6 Å². The maximum absolute atomic E-state index is 12.6. The third-order valence-electron chi connectivity index (χ3n) is 5.37. The van der Waals surface area contributed by atoms with E-state index in [0.717, 1.165) is 16.8 Å². The Kier molecular flexibility index (Phi) is 4.73. The number of ketones is 1. The van der Waals surface area contributed by atoms with E-state index in [-0.39, 0.29) is 11.3 Å². The molecule has 0 saturated heterocycles. The van der Waals surface area contributed by atoms with Crippen LogP contribution in [-0.2, 0) is 16.6 Å². The number of hydrogen-bond acceptors (Lipinski definition) is 5. The minimum atomic E-state index is -1.02.